The van der Waals surface area contributed by atoms with Crippen LogP contribution in [0.1, 0.15) is 59.8 Å². The highest BCUT2D eigenvalue weighted by molar-refractivity contribution is 6.03. The van der Waals surface area contributed by atoms with Crippen LogP contribution in [0, 0.1) is 11.8 Å². The lowest BCUT2D eigenvalue weighted by Crippen LogP contribution is -2.32. The van der Waals surface area contributed by atoms with Gasteiger partial charge in [0, 0.05) is 25.5 Å². The Kier molecular flexibility index (Phi) is 7.20. The zero-order valence-electron chi connectivity index (χ0n) is 13.4. The summed E-state index contributed by atoms with van der Waals surface area (Å²) in [6, 6.07) is 0. The molecule has 20 heavy (non-hydrogen) atoms. The fourth-order valence-electron chi connectivity index (χ4n) is 2.51. The summed E-state index contributed by atoms with van der Waals surface area (Å²) in [6.45, 7) is 9.48. The molecular formula is C16H29NO3. The van der Waals surface area contributed by atoms with Crippen LogP contribution in [0.4, 0.5) is 0 Å². The number of likely N-dealkylation sites (tertiary alicyclic amines) is 1. The number of unbranched alkanes of at least 4 members (excludes halogenated alkanes) is 3. The Balaban J connectivity index is 2.16. The minimum Gasteiger partial charge on any atom is -0.379 e. The van der Waals surface area contributed by atoms with Crippen molar-refractivity contribution in [2.45, 2.75) is 65.9 Å². The standard InChI is InChI=1S/C16H29NO3/c1-12(2)14-11-15(18)17(16(14)19)9-7-5-6-8-10-20-13(3)4/h12-14H,5-11H2,1-4H3. The van der Waals surface area contributed by atoms with E-state index < -0.39 is 0 Å². The molecule has 116 valence electrons. The summed E-state index contributed by atoms with van der Waals surface area (Å²) in [6.07, 6.45) is 4.79. The lowest BCUT2D eigenvalue weighted by atomic mass is 9.94. The van der Waals surface area contributed by atoms with Crippen LogP contribution >= 0.6 is 0 Å². The molecule has 1 atom stereocenters. The van der Waals surface area contributed by atoms with Crippen LogP contribution in [0.2, 0.25) is 0 Å². The molecule has 4 nitrogen and oxygen atoms in total. The molecule has 0 aromatic rings. The van der Waals surface area contributed by atoms with E-state index in [1.165, 1.54) is 4.90 Å². The topological polar surface area (TPSA) is 46.6 Å². The lowest BCUT2D eigenvalue weighted by molar-refractivity contribution is -0.139. The van der Waals surface area contributed by atoms with Gasteiger partial charge in [-0.15, -0.1) is 0 Å². The highest BCUT2D eigenvalue weighted by Gasteiger charge is 2.39. The Bertz CT molecular complexity index is 326. The van der Waals surface area contributed by atoms with E-state index in [1.807, 2.05) is 27.7 Å². The largest absolute Gasteiger partial charge is 0.379 e. The second kappa shape index (κ2) is 8.40. The van der Waals surface area contributed by atoms with Crippen molar-refractivity contribution in [3.05, 3.63) is 0 Å². The zero-order chi connectivity index (χ0) is 15.1. The molecule has 1 saturated heterocycles. The van der Waals surface area contributed by atoms with Crippen molar-refractivity contribution >= 4 is 11.8 Å². The Hall–Kier alpha value is -0.900. The van der Waals surface area contributed by atoms with E-state index in [2.05, 4.69) is 0 Å². The molecule has 1 aliphatic rings. The molecule has 2 amide bonds. The minimum atomic E-state index is -0.0954. The number of carbonyl (C=O) groups excluding carboxylic acids is 2. The maximum absolute atomic E-state index is 12.1. The van der Waals surface area contributed by atoms with Crippen molar-refractivity contribution < 1.29 is 14.3 Å². The molecule has 1 fully saturated rings. The van der Waals surface area contributed by atoms with Gasteiger partial charge in [-0.2, -0.15) is 0 Å². The predicted molar refractivity (Wildman–Crippen MR) is 79.2 cm³/mol. The van der Waals surface area contributed by atoms with Gasteiger partial charge in [0.2, 0.25) is 11.8 Å². The van der Waals surface area contributed by atoms with Crippen LogP contribution < -0.4 is 0 Å². The third-order valence-electron chi connectivity index (χ3n) is 3.81. The number of amides is 2. The fraction of sp³-hybridized carbons (Fsp3) is 0.875. The van der Waals surface area contributed by atoms with Gasteiger partial charge in [-0.3, -0.25) is 14.5 Å². The summed E-state index contributed by atoms with van der Waals surface area (Å²) in [7, 11) is 0. The summed E-state index contributed by atoms with van der Waals surface area (Å²) >= 11 is 0. The van der Waals surface area contributed by atoms with Crippen LogP contribution in [0.25, 0.3) is 0 Å². The predicted octanol–water partition coefficient (Wildman–Crippen LogP) is 3.00. The van der Waals surface area contributed by atoms with Crippen molar-refractivity contribution in [3.8, 4) is 0 Å². The smallest absolute Gasteiger partial charge is 0.233 e. The van der Waals surface area contributed by atoms with E-state index in [1.54, 1.807) is 0 Å². The van der Waals surface area contributed by atoms with Gasteiger partial charge in [0.05, 0.1) is 6.10 Å². The molecule has 0 N–H and O–H groups in total. The van der Waals surface area contributed by atoms with E-state index in [0.717, 1.165) is 32.3 Å². The molecule has 1 aliphatic heterocycles. The van der Waals surface area contributed by atoms with Crippen LogP contribution in [0.3, 0.4) is 0 Å². The Labute approximate surface area is 122 Å². The quantitative estimate of drug-likeness (QED) is 0.483. The molecule has 1 heterocycles. The maximum Gasteiger partial charge on any atom is 0.233 e. The van der Waals surface area contributed by atoms with Crippen LogP contribution in [-0.4, -0.2) is 36.0 Å². The number of imide groups is 1. The third-order valence-corrected chi connectivity index (χ3v) is 3.81. The monoisotopic (exact) mass is 283 g/mol. The van der Waals surface area contributed by atoms with Gasteiger partial charge < -0.3 is 4.74 Å². The van der Waals surface area contributed by atoms with E-state index in [4.69, 9.17) is 4.74 Å². The Morgan fingerprint density at radius 3 is 2.30 bits per heavy atom. The normalized spacial score (nSPS) is 19.7. The number of carbonyl (C=O) groups is 2. The first-order valence-electron chi connectivity index (χ1n) is 7.89. The first-order chi connectivity index (χ1) is 9.43. The van der Waals surface area contributed by atoms with Crippen molar-refractivity contribution in [1.82, 2.24) is 4.90 Å². The highest BCUT2D eigenvalue weighted by Crippen LogP contribution is 2.26. The minimum absolute atomic E-state index is 0.0110. The van der Waals surface area contributed by atoms with Crippen molar-refractivity contribution in [3.63, 3.8) is 0 Å². The van der Waals surface area contributed by atoms with E-state index in [-0.39, 0.29) is 23.7 Å². The van der Waals surface area contributed by atoms with Crippen molar-refractivity contribution in [2.24, 2.45) is 11.8 Å². The van der Waals surface area contributed by atoms with Gasteiger partial charge >= 0.3 is 0 Å². The number of hydrogen-bond acceptors (Lipinski definition) is 3. The van der Waals surface area contributed by atoms with Gasteiger partial charge in [-0.1, -0.05) is 26.7 Å². The lowest BCUT2D eigenvalue weighted by Gasteiger charge is -2.16. The molecule has 0 aromatic heterocycles. The molecular weight excluding hydrogens is 254 g/mol. The summed E-state index contributed by atoms with van der Waals surface area (Å²) in [5, 5.41) is 0. The van der Waals surface area contributed by atoms with E-state index in [0.29, 0.717) is 19.1 Å². The average Bonchev–Trinajstić information content (AvgIpc) is 2.64. The van der Waals surface area contributed by atoms with Crippen LogP contribution in [0.15, 0.2) is 0 Å². The second-order valence-electron chi connectivity index (χ2n) is 6.27. The SMILES string of the molecule is CC(C)OCCCCCCN1C(=O)CC(C(C)C)C1=O. The molecule has 0 radical (unpaired) electrons. The van der Waals surface area contributed by atoms with Crippen molar-refractivity contribution in [2.75, 3.05) is 13.2 Å². The summed E-state index contributed by atoms with van der Waals surface area (Å²) in [4.78, 5) is 25.4. The van der Waals surface area contributed by atoms with Gasteiger partial charge in [0.1, 0.15) is 0 Å². The van der Waals surface area contributed by atoms with E-state index in [9.17, 15) is 9.59 Å². The molecule has 0 bridgehead atoms. The molecule has 0 saturated carbocycles. The number of hydrogen-bond donors (Lipinski definition) is 0. The van der Waals surface area contributed by atoms with E-state index >= 15 is 0 Å². The highest BCUT2D eigenvalue weighted by atomic mass is 16.5. The van der Waals surface area contributed by atoms with Crippen LogP contribution in [0.5, 0.6) is 0 Å². The average molecular weight is 283 g/mol. The fourth-order valence-corrected chi connectivity index (χ4v) is 2.51. The Morgan fingerprint density at radius 1 is 1.10 bits per heavy atom. The Morgan fingerprint density at radius 2 is 1.75 bits per heavy atom. The second-order valence-corrected chi connectivity index (χ2v) is 6.27. The maximum atomic E-state index is 12.1. The van der Waals surface area contributed by atoms with Gasteiger partial charge in [0.25, 0.3) is 0 Å². The van der Waals surface area contributed by atoms with Gasteiger partial charge in [-0.05, 0) is 32.6 Å². The molecule has 0 aliphatic carbocycles. The third kappa shape index (κ3) is 5.23. The van der Waals surface area contributed by atoms with Crippen LogP contribution in [-0.2, 0) is 14.3 Å². The number of nitrogens with zero attached hydrogens (tertiary/aromatic N) is 1. The molecule has 0 aromatic carbocycles. The summed E-state index contributed by atoms with van der Waals surface area (Å²) in [5.74, 6) is 0.205. The van der Waals surface area contributed by atoms with Gasteiger partial charge in [-0.25, -0.2) is 0 Å². The zero-order valence-corrected chi connectivity index (χ0v) is 13.4. The van der Waals surface area contributed by atoms with Gasteiger partial charge in [0.15, 0.2) is 0 Å². The molecule has 0 spiro atoms. The molecule has 4 heteroatoms. The number of rotatable bonds is 9. The summed E-state index contributed by atoms with van der Waals surface area (Å²) in [5.41, 5.74) is 0. The first-order valence-corrected chi connectivity index (χ1v) is 7.89. The number of ether oxygens (including phenoxy) is 1. The molecule has 1 unspecified atom stereocenters. The first kappa shape index (κ1) is 17.2. The summed E-state index contributed by atoms with van der Waals surface area (Å²) < 4.78 is 5.48. The van der Waals surface area contributed by atoms with Crippen molar-refractivity contribution in [1.29, 1.82) is 0 Å². The molecule has 1 rings (SSSR count).